The molecule has 0 radical (unpaired) electrons. The number of hydrogen-bond acceptors (Lipinski definition) is 3. The zero-order valence-electron chi connectivity index (χ0n) is 12.8. The van der Waals surface area contributed by atoms with E-state index in [4.69, 9.17) is 10.5 Å². The van der Waals surface area contributed by atoms with Crippen LogP contribution in [0.25, 0.3) is 0 Å². The molecule has 2 unspecified atom stereocenters. The average Bonchev–Trinajstić information content (AvgIpc) is 2.53. The van der Waals surface area contributed by atoms with Crippen LogP contribution in [0.5, 0.6) is 0 Å². The summed E-state index contributed by atoms with van der Waals surface area (Å²) in [6.07, 6.45) is 4.63. The molecule has 0 saturated carbocycles. The molecule has 2 atom stereocenters. The van der Waals surface area contributed by atoms with Gasteiger partial charge in [-0.2, -0.15) is 0 Å². The molecule has 1 saturated heterocycles. The van der Waals surface area contributed by atoms with Crippen molar-refractivity contribution in [3.05, 3.63) is 35.9 Å². The quantitative estimate of drug-likeness (QED) is 0.867. The minimum absolute atomic E-state index is 0.119. The van der Waals surface area contributed by atoms with Crippen LogP contribution in [0.2, 0.25) is 0 Å². The Morgan fingerprint density at radius 1 is 1.35 bits per heavy atom. The molecule has 1 aliphatic rings. The van der Waals surface area contributed by atoms with E-state index in [-0.39, 0.29) is 5.54 Å². The van der Waals surface area contributed by atoms with Gasteiger partial charge < -0.3 is 10.5 Å². The first-order valence-electron chi connectivity index (χ1n) is 7.77. The molecular weight excluding hydrogens is 248 g/mol. The molecule has 1 fully saturated rings. The van der Waals surface area contributed by atoms with E-state index in [0.717, 1.165) is 45.4 Å². The fraction of sp³-hybridized carbons (Fsp3) is 0.647. The van der Waals surface area contributed by atoms with Gasteiger partial charge in [0.15, 0.2) is 0 Å². The van der Waals surface area contributed by atoms with E-state index in [1.807, 2.05) is 0 Å². The Balaban J connectivity index is 1.96. The van der Waals surface area contributed by atoms with Gasteiger partial charge in [-0.1, -0.05) is 37.3 Å². The van der Waals surface area contributed by atoms with Crippen molar-refractivity contribution in [2.45, 2.75) is 44.2 Å². The number of ether oxygens (including phenoxy) is 1. The second-order valence-corrected chi connectivity index (χ2v) is 5.94. The number of benzene rings is 1. The SMILES string of the molecule is CCC1CC(CN)(N(C)CCc2ccccc2)CCO1. The molecule has 0 aromatic heterocycles. The molecule has 0 bridgehead atoms. The summed E-state index contributed by atoms with van der Waals surface area (Å²) in [6.45, 7) is 4.81. The summed E-state index contributed by atoms with van der Waals surface area (Å²) < 4.78 is 5.81. The fourth-order valence-electron chi connectivity index (χ4n) is 3.13. The van der Waals surface area contributed by atoms with Gasteiger partial charge >= 0.3 is 0 Å². The van der Waals surface area contributed by atoms with Crippen molar-refractivity contribution >= 4 is 0 Å². The summed E-state index contributed by atoms with van der Waals surface area (Å²) in [4.78, 5) is 2.46. The molecule has 1 aliphatic heterocycles. The van der Waals surface area contributed by atoms with Crippen LogP contribution in [0.4, 0.5) is 0 Å². The van der Waals surface area contributed by atoms with Gasteiger partial charge in [0.25, 0.3) is 0 Å². The van der Waals surface area contributed by atoms with E-state index in [1.54, 1.807) is 0 Å². The lowest BCUT2D eigenvalue weighted by Crippen LogP contribution is -2.57. The van der Waals surface area contributed by atoms with Crippen LogP contribution in [0.15, 0.2) is 30.3 Å². The van der Waals surface area contributed by atoms with Gasteiger partial charge in [-0.25, -0.2) is 0 Å². The maximum atomic E-state index is 6.13. The van der Waals surface area contributed by atoms with Gasteiger partial charge in [0.2, 0.25) is 0 Å². The van der Waals surface area contributed by atoms with Gasteiger partial charge in [0.05, 0.1) is 6.10 Å². The number of nitrogens with zero attached hydrogens (tertiary/aromatic N) is 1. The molecule has 1 heterocycles. The summed E-state index contributed by atoms with van der Waals surface area (Å²) in [7, 11) is 2.22. The summed E-state index contributed by atoms with van der Waals surface area (Å²) in [5.74, 6) is 0. The van der Waals surface area contributed by atoms with Crippen molar-refractivity contribution in [2.75, 3.05) is 26.7 Å². The molecule has 0 spiro atoms. The van der Waals surface area contributed by atoms with E-state index in [9.17, 15) is 0 Å². The fourth-order valence-corrected chi connectivity index (χ4v) is 3.13. The molecule has 112 valence electrons. The first-order valence-corrected chi connectivity index (χ1v) is 7.77. The monoisotopic (exact) mass is 276 g/mol. The van der Waals surface area contributed by atoms with Crippen molar-refractivity contribution in [1.82, 2.24) is 4.90 Å². The highest BCUT2D eigenvalue weighted by atomic mass is 16.5. The van der Waals surface area contributed by atoms with Gasteiger partial charge in [0, 0.05) is 25.2 Å². The summed E-state index contributed by atoms with van der Waals surface area (Å²) >= 11 is 0. The molecule has 0 amide bonds. The third-order valence-electron chi connectivity index (χ3n) is 4.75. The Labute approximate surface area is 123 Å². The number of nitrogens with two attached hydrogens (primary N) is 1. The smallest absolute Gasteiger partial charge is 0.0590 e. The van der Waals surface area contributed by atoms with Crippen LogP contribution < -0.4 is 5.73 Å². The highest BCUT2D eigenvalue weighted by molar-refractivity contribution is 5.15. The Kier molecular flexibility index (Phi) is 5.58. The molecule has 3 heteroatoms. The number of hydrogen-bond donors (Lipinski definition) is 1. The minimum atomic E-state index is 0.119. The standard InChI is InChI=1S/C17H28N2O/c1-3-16-13-17(14-18,10-12-20-16)19(2)11-9-15-7-5-4-6-8-15/h4-8,16H,3,9-14,18H2,1-2H3. The van der Waals surface area contributed by atoms with Crippen LogP contribution in [0.1, 0.15) is 31.7 Å². The highest BCUT2D eigenvalue weighted by Crippen LogP contribution is 2.30. The van der Waals surface area contributed by atoms with Crippen molar-refractivity contribution in [3.63, 3.8) is 0 Å². The Morgan fingerprint density at radius 3 is 2.75 bits per heavy atom. The summed E-state index contributed by atoms with van der Waals surface area (Å²) in [5.41, 5.74) is 7.64. The van der Waals surface area contributed by atoms with Crippen LogP contribution in [-0.4, -0.2) is 43.3 Å². The Bertz CT molecular complexity index is 395. The number of likely N-dealkylation sites (N-methyl/N-ethyl adjacent to an activating group) is 1. The Hall–Kier alpha value is -0.900. The van der Waals surface area contributed by atoms with Gasteiger partial charge in [-0.3, -0.25) is 4.90 Å². The summed E-state index contributed by atoms with van der Waals surface area (Å²) in [5, 5.41) is 0. The van der Waals surface area contributed by atoms with Crippen molar-refractivity contribution < 1.29 is 4.74 Å². The molecule has 20 heavy (non-hydrogen) atoms. The van der Waals surface area contributed by atoms with Crippen molar-refractivity contribution in [3.8, 4) is 0 Å². The van der Waals surface area contributed by atoms with Crippen molar-refractivity contribution in [1.29, 1.82) is 0 Å². The van der Waals surface area contributed by atoms with E-state index in [1.165, 1.54) is 5.56 Å². The topological polar surface area (TPSA) is 38.5 Å². The maximum absolute atomic E-state index is 6.13. The summed E-state index contributed by atoms with van der Waals surface area (Å²) in [6, 6.07) is 10.7. The molecule has 3 nitrogen and oxygen atoms in total. The maximum Gasteiger partial charge on any atom is 0.0590 e. The first kappa shape index (κ1) is 15.5. The van der Waals surface area contributed by atoms with E-state index in [2.05, 4.69) is 49.2 Å². The second kappa shape index (κ2) is 7.21. The van der Waals surface area contributed by atoms with E-state index < -0.39 is 0 Å². The minimum Gasteiger partial charge on any atom is -0.378 e. The van der Waals surface area contributed by atoms with Crippen LogP contribution >= 0.6 is 0 Å². The molecule has 0 aliphatic carbocycles. The van der Waals surface area contributed by atoms with E-state index >= 15 is 0 Å². The zero-order chi connectivity index (χ0) is 14.4. The zero-order valence-corrected chi connectivity index (χ0v) is 12.8. The predicted molar refractivity (Wildman–Crippen MR) is 83.8 cm³/mol. The number of rotatable bonds is 6. The van der Waals surface area contributed by atoms with Gasteiger partial charge in [-0.15, -0.1) is 0 Å². The lowest BCUT2D eigenvalue weighted by molar-refractivity contribution is -0.0645. The average molecular weight is 276 g/mol. The third kappa shape index (κ3) is 3.60. The third-order valence-corrected chi connectivity index (χ3v) is 4.75. The van der Waals surface area contributed by atoms with Crippen LogP contribution in [-0.2, 0) is 11.2 Å². The highest BCUT2D eigenvalue weighted by Gasteiger charge is 2.38. The molecule has 2 N–H and O–H groups in total. The van der Waals surface area contributed by atoms with Crippen molar-refractivity contribution in [2.24, 2.45) is 5.73 Å². The van der Waals surface area contributed by atoms with E-state index in [0.29, 0.717) is 6.10 Å². The normalized spacial score (nSPS) is 26.9. The molecule has 2 rings (SSSR count). The second-order valence-electron chi connectivity index (χ2n) is 5.94. The molecule has 1 aromatic rings. The van der Waals surface area contributed by atoms with Gasteiger partial charge in [-0.05, 0) is 38.3 Å². The predicted octanol–water partition coefficient (Wildman–Crippen LogP) is 2.45. The van der Waals surface area contributed by atoms with Gasteiger partial charge in [0.1, 0.15) is 0 Å². The Morgan fingerprint density at radius 2 is 2.10 bits per heavy atom. The lowest BCUT2D eigenvalue weighted by Gasteiger charge is -2.46. The molecular formula is C17H28N2O. The van der Waals surface area contributed by atoms with Crippen LogP contribution in [0.3, 0.4) is 0 Å². The lowest BCUT2D eigenvalue weighted by atomic mass is 9.84. The molecule has 1 aromatic carbocycles. The largest absolute Gasteiger partial charge is 0.378 e. The first-order chi connectivity index (χ1) is 9.70. The van der Waals surface area contributed by atoms with Crippen LogP contribution in [0, 0.1) is 0 Å².